The Labute approximate surface area is 171 Å². The number of carbonyl (C=O) groups excluding carboxylic acids is 1. The van der Waals surface area contributed by atoms with Crippen molar-refractivity contribution in [2.24, 2.45) is 0 Å². The number of sulfonamides is 1. The number of thiophene rings is 1. The number of fused-ring (bicyclic) bond motifs is 1. The number of hydrogen-bond donors (Lipinski definition) is 0. The third-order valence-electron chi connectivity index (χ3n) is 5.84. The van der Waals surface area contributed by atoms with Gasteiger partial charge in [-0.25, -0.2) is 8.42 Å². The molecule has 2 aliphatic rings. The third-order valence-corrected chi connectivity index (χ3v) is 8.75. The number of nitrogens with zero attached hydrogens (tertiary/aromatic N) is 2. The van der Waals surface area contributed by atoms with Gasteiger partial charge in [0.05, 0.1) is 10.9 Å². The maximum absolute atomic E-state index is 13.0. The quantitative estimate of drug-likeness (QED) is 0.755. The molecule has 1 atom stereocenters. The first-order chi connectivity index (χ1) is 13.5. The summed E-state index contributed by atoms with van der Waals surface area (Å²) in [6.45, 7) is 3.91. The highest BCUT2D eigenvalue weighted by molar-refractivity contribution is 7.89. The second-order valence-electron chi connectivity index (χ2n) is 7.57. The van der Waals surface area contributed by atoms with Crippen LogP contribution >= 0.6 is 11.3 Å². The van der Waals surface area contributed by atoms with Crippen molar-refractivity contribution < 1.29 is 13.2 Å². The van der Waals surface area contributed by atoms with Crippen molar-refractivity contribution in [3.05, 3.63) is 51.7 Å². The molecular formula is C21H26N2O3S2. The van der Waals surface area contributed by atoms with E-state index < -0.39 is 10.0 Å². The summed E-state index contributed by atoms with van der Waals surface area (Å²) in [5, 5.41) is 2.08. The van der Waals surface area contributed by atoms with Gasteiger partial charge in [-0.2, -0.15) is 4.31 Å². The van der Waals surface area contributed by atoms with E-state index in [0.717, 1.165) is 32.1 Å². The maximum atomic E-state index is 13.0. The van der Waals surface area contributed by atoms with Gasteiger partial charge in [0, 0.05) is 30.1 Å². The summed E-state index contributed by atoms with van der Waals surface area (Å²) in [6.07, 6.45) is 4.86. The van der Waals surface area contributed by atoms with E-state index in [1.807, 2.05) is 4.90 Å². The zero-order valence-electron chi connectivity index (χ0n) is 16.1. The highest BCUT2D eigenvalue weighted by atomic mass is 32.2. The van der Waals surface area contributed by atoms with Crippen molar-refractivity contribution in [3.63, 3.8) is 0 Å². The van der Waals surface area contributed by atoms with Gasteiger partial charge in [-0.1, -0.05) is 12.8 Å². The first-order valence-corrected chi connectivity index (χ1v) is 12.3. The lowest BCUT2D eigenvalue weighted by Gasteiger charge is -2.33. The molecule has 2 aromatic rings. The molecule has 28 heavy (non-hydrogen) atoms. The van der Waals surface area contributed by atoms with Crippen molar-refractivity contribution in [2.75, 3.05) is 19.6 Å². The molecule has 0 saturated carbocycles. The Bertz CT molecular complexity index is 942. The Morgan fingerprint density at radius 3 is 2.36 bits per heavy atom. The summed E-state index contributed by atoms with van der Waals surface area (Å²) in [6, 6.07) is 8.62. The van der Waals surface area contributed by atoms with Gasteiger partial charge >= 0.3 is 0 Å². The fourth-order valence-electron chi connectivity index (χ4n) is 4.15. The summed E-state index contributed by atoms with van der Waals surface area (Å²) < 4.78 is 27.4. The van der Waals surface area contributed by atoms with E-state index in [1.54, 1.807) is 39.9 Å². The molecule has 3 heterocycles. The second-order valence-corrected chi connectivity index (χ2v) is 10.5. The maximum Gasteiger partial charge on any atom is 0.254 e. The molecule has 0 bridgehead atoms. The number of carbonyl (C=O) groups is 1. The first kappa shape index (κ1) is 19.6. The molecule has 7 heteroatoms. The summed E-state index contributed by atoms with van der Waals surface area (Å²) in [5.41, 5.74) is 1.77. The predicted octanol–water partition coefficient (Wildman–Crippen LogP) is 4.07. The van der Waals surface area contributed by atoms with E-state index in [0.29, 0.717) is 25.2 Å². The third kappa shape index (κ3) is 3.63. The molecule has 1 amide bonds. The lowest BCUT2D eigenvalue weighted by Crippen LogP contribution is -2.38. The van der Waals surface area contributed by atoms with Crippen molar-refractivity contribution in [1.82, 2.24) is 9.21 Å². The largest absolute Gasteiger partial charge is 0.331 e. The molecular weight excluding hydrogens is 392 g/mol. The van der Waals surface area contributed by atoms with Crippen LogP contribution < -0.4 is 0 Å². The molecule has 1 aromatic carbocycles. The van der Waals surface area contributed by atoms with Crippen LogP contribution in [0.4, 0.5) is 0 Å². The van der Waals surface area contributed by atoms with Crippen LogP contribution in [0.25, 0.3) is 0 Å². The molecule has 2 aliphatic heterocycles. The molecule has 5 nitrogen and oxygen atoms in total. The lowest BCUT2D eigenvalue weighted by molar-refractivity contribution is 0.0679. The van der Waals surface area contributed by atoms with Crippen LogP contribution in [0, 0.1) is 0 Å². The topological polar surface area (TPSA) is 57.7 Å². The van der Waals surface area contributed by atoms with Crippen LogP contribution in [0.2, 0.25) is 0 Å². The summed E-state index contributed by atoms with van der Waals surface area (Å²) >= 11 is 1.75. The highest BCUT2D eigenvalue weighted by Crippen LogP contribution is 2.33. The fourth-order valence-corrected chi connectivity index (χ4v) is 6.63. The number of rotatable bonds is 3. The number of hydrogen-bond acceptors (Lipinski definition) is 4. The molecule has 1 fully saturated rings. The van der Waals surface area contributed by atoms with Crippen molar-refractivity contribution in [2.45, 2.75) is 50.0 Å². The highest BCUT2D eigenvalue weighted by Gasteiger charge is 2.30. The Balaban J connectivity index is 1.52. The van der Waals surface area contributed by atoms with Crippen LogP contribution in [-0.2, 0) is 16.4 Å². The van der Waals surface area contributed by atoms with Crippen molar-refractivity contribution in [3.8, 4) is 0 Å². The zero-order valence-corrected chi connectivity index (χ0v) is 17.8. The average Bonchev–Trinajstić information content (AvgIpc) is 3.01. The first-order valence-electron chi connectivity index (χ1n) is 9.96. The normalized spacial score (nSPS) is 21.2. The molecule has 0 unspecified atom stereocenters. The van der Waals surface area contributed by atoms with Crippen LogP contribution in [0.5, 0.6) is 0 Å². The molecule has 0 spiro atoms. The van der Waals surface area contributed by atoms with E-state index in [1.165, 1.54) is 10.4 Å². The fraction of sp³-hybridized carbons (Fsp3) is 0.476. The molecule has 150 valence electrons. The van der Waals surface area contributed by atoms with Gasteiger partial charge in [0.1, 0.15) is 0 Å². The van der Waals surface area contributed by atoms with Gasteiger partial charge in [0.2, 0.25) is 10.0 Å². The Morgan fingerprint density at radius 1 is 1.00 bits per heavy atom. The molecule has 0 N–H and O–H groups in total. The summed E-state index contributed by atoms with van der Waals surface area (Å²) in [5.74, 6) is -0.0388. The van der Waals surface area contributed by atoms with E-state index in [-0.39, 0.29) is 16.8 Å². The molecule has 1 saturated heterocycles. The van der Waals surface area contributed by atoms with Crippen molar-refractivity contribution >= 4 is 27.3 Å². The van der Waals surface area contributed by atoms with Gasteiger partial charge in [0.15, 0.2) is 0 Å². The Morgan fingerprint density at radius 2 is 1.68 bits per heavy atom. The van der Waals surface area contributed by atoms with Crippen LogP contribution in [-0.4, -0.2) is 43.2 Å². The SMILES string of the molecule is C[C@@H]1c2ccsc2CCN1C(=O)c1ccc(S(=O)(=O)N2CCCCCC2)cc1. The smallest absolute Gasteiger partial charge is 0.254 e. The monoisotopic (exact) mass is 418 g/mol. The van der Waals surface area contributed by atoms with Crippen LogP contribution in [0.15, 0.2) is 40.6 Å². The molecule has 4 rings (SSSR count). The summed E-state index contributed by atoms with van der Waals surface area (Å²) in [4.78, 5) is 16.5. The predicted molar refractivity (Wildman–Crippen MR) is 111 cm³/mol. The minimum absolute atomic E-state index is 0.0388. The van der Waals surface area contributed by atoms with Gasteiger partial charge in [-0.05, 0) is 67.5 Å². The molecule has 0 aliphatic carbocycles. The van der Waals surface area contributed by atoms with Gasteiger partial charge in [0.25, 0.3) is 5.91 Å². The zero-order chi connectivity index (χ0) is 19.7. The Hall–Kier alpha value is -1.70. The van der Waals surface area contributed by atoms with E-state index in [2.05, 4.69) is 18.4 Å². The Kier molecular flexibility index (Phi) is 5.58. The van der Waals surface area contributed by atoms with Crippen LogP contribution in [0.1, 0.15) is 59.4 Å². The number of amides is 1. The average molecular weight is 419 g/mol. The van der Waals surface area contributed by atoms with Crippen LogP contribution in [0.3, 0.4) is 0 Å². The second kappa shape index (κ2) is 7.97. The van der Waals surface area contributed by atoms with E-state index in [9.17, 15) is 13.2 Å². The van der Waals surface area contributed by atoms with Gasteiger partial charge in [-0.3, -0.25) is 4.79 Å². The molecule has 0 radical (unpaired) electrons. The molecule has 1 aromatic heterocycles. The summed E-state index contributed by atoms with van der Waals surface area (Å²) in [7, 11) is -3.49. The van der Waals surface area contributed by atoms with E-state index >= 15 is 0 Å². The van der Waals surface area contributed by atoms with E-state index in [4.69, 9.17) is 0 Å². The standard InChI is InChI=1S/C21H26N2O3S2/c1-16-19-11-15-27-20(19)10-14-23(16)21(24)17-6-8-18(9-7-17)28(25,26)22-12-4-2-3-5-13-22/h6-9,11,15-16H,2-5,10,12-14H2,1H3/t16-/m1/s1. The minimum Gasteiger partial charge on any atom is -0.331 e. The van der Waals surface area contributed by atoms with Gasteiger partial charge < -0.3 is 4.90 Å². The minimum atomic E-state index is -3.49. The van der Waals surface area contributed by atoms with Gasteiger partial charge in [-0.15, -0.1) is 11.3 Å². The number of benzene rings is 1. The lowest BCUT2D eigenvalue weighted by atomic mass is 10.0. The van der Waals surface area contributed by atoms with Crippen molar-refractivity contribution in [1.29, 1.82) is 0 Å².